The van der Waals surface area contributed by atoms with Crippen LogP contribution in [0.4, 0.5) is 0 Å². The van der Waals surface area contributed by atoms with Crippen molar-refractivity contribution in [1.29, 1.82) is 0 Å². The zero-order valence-electron chi connectivity index (χ0n) is 30.2. The summed E-state index contributed by atoms with van der Waals surface area (Å²) in [5, 5.41) is 14.0. The molecule has 4 aliphatic carbocycles. The van der Waals surface area contributed by atoms with Crippen LogP contribution in [0.3, 0.4) is 0 Å². The Morgan fingerprint density at radius 1 is 0.804 bits per heavy atom. The van der Waals surface area contributed by atoms with E-state index in [9.17, 15) is 5.11 Å². The molecule has 8 atom stereocenters. The van der Waals surface area contributed by atoms with E-state index in [1.165, 1.54) is 42.5 Å². The maximum absolute atomic E-state index is 11.2. The van der Waals surface area contributed by atoms with Crippen LogP contribution in [0, 0.1) is 40.4 Å². The molecule has 6 rings (SSSR count). The highest BCUT2D eigenvalue weighted by atomic mass is 28.4. The van der Waals surface area contributed by atoms with Crippen molar-refractivity contribution in [3.63, 3.8) is 0 Å². The maximum Gasteiger partial charge on any atom is 0.261 e. The Hall–Kier alpha value is -1.94. The first-order valence-electron chi connectivity index (χ1n) is 18.7. The lowest BCUT2D eigenvalue weighted by Crippen LogP contribution is -2.68. The van der Waals surface area contributed by atoms with Crippen molar-refractivity contribution in [3.8, 4) is 0 Å². The first-order valence-corrected chi connectivity index (χ1v) is 20.6. The van der Waals surface area contributed by atoms with Crippen LogP contribution in [0.5, 0.6) is 0 Å². The zero-order chi connectivity index (χ0) is 32.9. The smallest absolute Gasteiger partial charge is 0.261 e. The van der Waals surface area contributed by atoms with Crippen LogP contribution in [0.2, 0.25) is 5.04 Å². The normalized spacial score (nSPS) is 32.6. The lowest BCUT2D eigenvalue weighted by Gasteiger charge is -2.58. The molecule has 0 amide bonds. The van der Waals surface area contributed by atoms with Gasteiger partial charge >= 0.3 is 0 Å². The Bertz CT molecular complexity index is 1360. The van der Waals surface area contributed by atoms with E-state index in [1.807, 2.05) is 0 Å². The Kier molecular flexibility index (Phi) is 9.46. The number of hydrogen-bond acceptors (Lipinski definition) is 2. The van der Waals surface area contributed by atoms with Crippen molar-refractivity contribution in [1.82, 2.24) is 0 Å². The molecule has 0 aliphatic heterocycles. The average molecular weight is 639 g/mol. The maximum atomic E-state index is 11.2. The number of benzene rings is 2. The van der Waals surface area contributed by atoms with Gasteiger partial charge in [-0.25, -0.2) is 0 Å². The van der Waals surface area contributed by atoms with Crippen molar-refractivity contribution >= 4 is 18.7 Å². The van der Waals surface area contributed by atoms with Gasteiger partial charge < -0.3 is 9.53 Å². The minimum absolute atomic E-state index is 0.00298. The van der Waals surface area contributed by atoms with Gasteiger partial charge in [-0.2, -0.15) is 0 Å². The SMILES string of the molecule is CC(C)CC[C@H](O)[C@@H](C)C1=CC[C@H]2[C@@H]3CC=C4C[C@@H](O[Si](c5ccccc5)(c5ccccc5)C(C)(C)C)CC[C@]4(C)[C@H]3CC[C@]12C. The summed E-state index contributed by atoms with van der Waals surface area (Å²) in [5.74, 6) is 3.13. The molecule has 2 aromatic rings. The summed E-state index contributed by atoms with van der Waals surface area (Å²) in [6.45, 7) is 19.3. The van der Waals surface area contributed by atoms with Gasteiger partial charge in [-0.1, -0.05) is 139 Å². The monoisotopic (exact) mass is 638 g/mol. The Labute approximate surface area is 282 Å². The van der Waals surface area contributed by atoms with Gasteiger partial charge in [0, 0.05) is 12.0 Å². The fourth-order valence-electron chi connectivity index (χ4n) is 10.9. The first kappa shape index (κ1) is 33.9. The molecule has 250 valence electrons. The van der Waals surface area contributed by atoms with Crippen LogP contribution in [0.1, 0.15) is 113 Å². The van der Waals surface area contributed by atoms with Crippen LogP contribution in [0.25, 0.3) is 0 Å². The lowest BCUT2D eigenvalue weighted by atomic mass is 9.47. The highest BCUT2D eigenvalue weighted by Crippen LogP contribution is 2.66. The van der Waals surface area contributed by atoms with Crippen molar-refractivity contribution in [2.75, 3.05) is 0 Å². The summed E-state index contributed by atoms with van der Waals surface area (Å²) >= 11 is 0. The molecule has 2 nitrogen and oxygen atoms in total. The molecule has 3 heteroatoms. The minimum atomic E-state index is -2.57. The zero-order valence-corrected chi connectivity index (χ0v) is 31.2. The fraction of sp³-hybridized carbons (Fsp3) is 0.628. The van der Waals surface area contributed by atoms with E-state index in [0.29, 0.717) is 11.8 Å². The quantitative estimate of drug-likeness (QED) is 0.219. The van der Waals surface area contributed by atoms with E-state index >= 15 is 0 Å². The first-order chi connectivity index (χ1) is 21.8. The molecular weight excluding hydrogens is 577 g/mol. The van der Waals surface area contributed by atoms with E-state index in [4.69, 9.17) is 4.43 Å². The third-order valence-corrected chi connectivity index (χ3v) is 18.7. The summed E-state index contributed by atoms with van der Waals surface area (Å²) in [7, 11) is -2.57. The Morgan fingerprint density at radius 3 is 2.00 bits per heavy atom. The van der Waals surface area contributed by atoms with Gasteiger partial charge in [-0.05, 0) is 108 Å². The van der Waals surface area contributed by atoms with Gasteiger partial charge in [0.15, 0.2) is 0 Å². The van der Waals surface area contributed by atoms with Crippen LogP contribution in [-0.2, 0) is 4.43 Å². The largest absolute Gasteiger partial charge is 0.404 e. The van der Waals surface area contributed by atoms with E-state index in [1.54, 1.807) is 11.1 Å². The third-order valence-electron chi connectivity index (χ3n) is 13.6. The molecule has 46 heavy (non-hydrogen) atoms. The molecule has 0 saturated heterocycles. The van der Waals surface area contributed by atoms with Gasteiger partial charge in [0.25, 0.3) is 8.32 Å². The topological polar surface area (TPSA) is 29.5 Å². The summed E-state index contributed by atoms with van der Waals surface area (Å²) in [4.78, 5) is 0. The number of allylic oxidation sites excluding steroid dienone is 2. The van der Waals surface area contributed by atoms with Gasteiger partial charge in [0.1, 0.15) is 0 Å². The molecular formula is C43H62O2Si. The molecule has 4 aliphatic rings. The standard InChI is InChI=1S/C43H62O2Si/c1-30(2)19-24-40(44)31(3)37-22-23-38-36-21-20-32-29-33(25-27-42(32,7)39(36)26-28-43(37,38)8)45-46(41(4,5)6,34-15-11-9-12-16-34)35-17-13-10-14-18-35/h9-18,20,22,30-31,33,36,38-40,44H,19,21,23-29H2,1-8H3/t31-,33-,36-,38-,39-,40-,42-,43+/m0/s1. The van der Waals surface area contributed by atoms with Crippen molar-refractivity contribution in [3.05, 3.63) is 84.0 Å². The molecule has 0 unspecified atom stereocenters. The van der Waals surface area contributed by atoms with Crippen LogP contribution >= 0.6 is 0 Å². The number of fused-ring (bicyclic) bond motifs is 5. The summed E-state index contributed by atoms with van der Waals surface area (Å²) in [6, 6.07) is 22.4. The van der Waals surface area contributed by atoms with Crippen LogP contribution in [0.15, 0.2) is 84.0 Å². The molecule has 0 bridgehead atoms. The molecule has 2 saturated carbocycles. The van der Waals surface area contributed by atoms with E-state index in [0.717, 1.165) is 37.5 Å². The van der Waals surface area contributed by atoms with Crippen molar-refractivity contribution in [2.24, 2.45) is 40.4 Å². The molecule has 0 spiro atoms. The molecule has 0 heterocycles. The summed E-state index contributed by atoms with van der Waals surface area (Å²) < 4.78 is 7.69. The fourth-order valence-corrected chi connectivity index (χ4v) is 15.7. The second kappa shape index (κ2) is 12.8. The number of rotatable bonds is 9. The predicted molar refractivity (Wildman–Crippen MR) is 197 cm³/mol. The van der Waals surface area contributed by atoms with Crippen molar-refractivity contribution in [2.45, 2.75) is 130 Å². The second-order valence-electron chi connectivity index (χ2n) is 17.6. The highest BCUT2D eigenvalue weighted by molar-refractivity contribution is 6.99. The molecule has 2 aromatic carbocycles. The highest BCUT2D eigenvalue weighted by Gasteiger charge is 2.58. The second-order valence-corrected chi connectivity index (χ2v) is 21.8. The van der Waals surface area contributed by atoms with Gasteiger partial charge in [-0.15, -0.1) is 0 Å². The average Bonchev–Trinajstić information content (AvgIpc) is 3.39. The Balaban J connectivity index is 1.23. The summed E-state index contributed by atoms with van der Waals surface area (Å²) in [6.07, 6.45) is 15.8. The van der Waals surface area contributed by atoms with Gasteiger partial charge in [0.2, 0.25) is 0 Å². The summed E-state index contributed by atoms with van der Waals surface area (Å²) in [5.41, 5.74) is 3.79. The van der Waals surface area contributed by atoms with E-state index in [2.05, 4.69) is 128 Å². The molecule has 2 fully saturated rings. The molecule has 0 radical (unpaired) electrons. The van der Waals surface area contributed by atoms with Crippen LogP contribution in [-0.4, -0.2) is 25.6 Å². The van der Waals surface area contributed by atoms with Gasteiger partial charge in [0.05, 0.1) is 6.10 Å². The van der Waals surface area contributed by atoms with E-state index < -0.39 is 8.32 Å². The Morgan fingerprint density at radius 2 is 1.41 bits per heavy atom. The van der Waals surface area contributed by atoms with Crippen LogP contribution < -0.4 is 10.4 Å². The number of aliphatic hydroxyl groups excluding tert-OH is 1. The number of aliphatic hydroxyl groups is 1. The van der Waals surface area contributed by atoms with Gasteiger partial charge in [-0.3, -0.25) is 0 Å². The van der Waals surface area contributed by atoms with E-state index in [-0.39, 0.29) is 34.0 Å². The van der Waals surface area contributed by atoms with Crippen molar-refractivity contribution < 1.29 is 9.53 Å². The molecule has 1 N–H and O–H groups in total. The third kappa shape index (κ3) is 5.75. The number of hydrogen-bond donors (Lipinski definition) is 1. The lowest BCUT2D eigenvalue weighted by molar-refractivity contribution is -0.0328. The minimum Gasteiger partial charge on any atom is -0.404 e. The predicted octanol–water partition coefficient (Wildman–Crippen LogP) is 9.86. The molecule has 0 aromatic heterocycles.